The number of thiazole rings is 1. The largest absolute Gasteiger partial charge is 0.319 e. The first kappa shape index (κ1) is 14.9. The monoisotopic (exact) mass is 353 g/mol. The number of hydrogen-bond donors (Lipinski definition) is 0. The van der Waals surface area contributed by atoms with Crippen molar-refractivity contribution in [2.45, 2.75) is 0 Å². The second-order valence-corrected chi connectivity index (χ2v) is 7.10. The smallest absolute Gasteiger partial charge is 0.289 e. The fourth-order valence-electron chi connectivity index (χ4n) is 1.91. The zero-order valence-electron chi connectivity index (χ0n) is 11.1. The van der Waals surface area contributed by atoms with E-state index in [-0.39, 0.29) is 11.6 Å². The molecule has 3 rings (SSSR count). The Labute approximate surface area is 137 Å². The van der Waals surface area contributed by atoms with Gasteiger partial charge in [-0.05, 0) is 18.2 Å². The molecule has 0 fully saturated rings. The summed E-state index contributed by atoms with van der Waals surface area (Å²) in [4.78, 5) is 27.5. The number of hydrogen-bond acceptors (Lipinski definition) is 5. The number of nitro groups is 1. The predicted octanol–water partition coefficient (Wildman–Crippen LogP) is 3.60. The molecule has 3 aromatic rings. The van der Waals surface area contributed by atoms with E-state index in [9.17, 15) is 14.9 Å². The third-order valence-electron chi connectivity index (χ3n) is 2.98. The minimum Gasteiger partial charge on any atom is -0.319 e. The summed E-state index contributed by atoms with van der Waals surface area (Å²) in [6, 6.07) is 7.82. The van der Waals surface area contributed by atoms with Gasteiger partial charge < -0.3 is 4.57 Å². The molecule has 22 heavy (non-hydrogen) atoms. The van der Waals surface area contributed by atoms with Gasteiger partial charge in [-0.15, -0.1) is 11.3 Å². The summed E-state index contributed by atoms with van der Waals surface area (Å²) in [5.74, 6) is -0.381. The van der Waals surface area contributed by atoms with Crippen LogP contribution in [-0.2, 0) is 7.05 Å². The maximum atomic E-state index is 12.1. The molecule has 9 heteroatoms. The van der Waals surface area contributed by atoms with Gasteiger partial charge in [0.1, 0.15) is 0 Å². The van der Waals surface area contributed by atoms with Gasteiger partial charge in [0.25, 0.3) is 11.6 Å². The SMILES string of the molecule is Cn1c(=NC(=O)c2ccc(Cl)s2)sc2ccc([N+](=O)[O-])cc21. The average molecular weight is 354 g/mol. The van der Waals surface area contributed by atoms with Crippen LogP contribution in [-0.4, -0.2) is 15.4 Å². The first-order valence-corrected chi connectivity index (χ1v) is 8.05. The summed E-state index contributed by atoms with van der Waals surface area (Å²) in [5, 5.41) is 10.8. The van der Waals surface area contributed by atoms with E-state index in [2.05, 4.69) is 4.99 Å². The van der Waals surface area contributed by atoms with Gasteiger partial charge in [0.2, 0.25) is 0 Å². The molecular weight excluding hydrogens is 346 g/mol. The highest BCUT2D eigenvalue weighted by Crippen LogP contribution is 2.24. The standard InChI is InChI=1S/C13H8ClN3O3S2/c1-16-8-6-7(17(19)20)2-3-9(8)22-13(16)15-12(18)10-4-5-11(14)21-10/h2-6H,1H3. The Bertz CT molecular complexity index is 970. The molecule has 0 bridgehead atoms. The van der Waals surface area contributed by atoms with Crippen LogP contribution in [0.1, 0.15) is 9.67 Å². The van der Waals surface area contributed by atoms with Crippen LogP contribution in [0.4, 0.5) is 5.69 Å². The van der Waals surface area contributed by atoms with Gasteiger partial charge in [-0.1, -0.05) is 22.9 Å². The molecule has 2 aromatic heterocycles. The van der Waals surface area contributed by atoms with Crippen molar-refractivity contribution < 1.29 is 9.72 Å². The molecule has 0 atom stereocenters. The van der Waals surface area contributed by atoms with Crippen molar-refractivity contribution in [3.05, 3.63) is 54.5 Å². The van der Waals surface area contributed by atoms with Gasteiger partial charge >= 0.3 is 0 Å². The van der Waals surface area contributed by atoms with E-state index in [0.29, 0.717) is 19.5 Å². The second kappa shape index (κ2) is 5.64. The Morgan fingerprint density at radius 2 is 2.09 bits per heavy atom. The zero-order valence-corrected chi connectivity index (χ0v) is 13.5. The van der Waals surface area contributed by atoms with Crippen molar-refractivity contribution in [1.29, 1.82) is 0 Å². The van der Waals surface area contributed by atoms with Crippen LogP contribution in [0.25, 0.3) is 10.2 Å². The normalized spacial score (nSPS) is 12.0. The molecule has 112 valence electrons. The highest BCUT2D eigenvalue weighted by Gasteiger charge is 2.12. The number of aryl methyl sites for hydroxylation is 1. The topological polar surface area (TPSA) is 77.5 Å². The van der Waals surface area contributed by atoms with Gasteiger partial charge in [0, 0.05) is 19.2 Å². The third kappa shape index (κ3) is 2.68. The summed E-state index contributed by atoms with van der Waals surface area (Å²) in [6.07, 6.45) is 0. The number of nitrogens with zero attached hydrogens (tertiary/aromatic N) is 3. The quantitative estimate of drug-likeness (QED) is 0.521. The third-order valence-corrected chi connectivity index (χ3v) is 5.32. The van der Waals surface area contributed by atoms with Crippen LogP contribution in [0, 0.1) is 10.1 Å². The fourth-order valence-corrected chi connectivity index (χ4v) is 3.83. The molecule has 0 aliphatic carbocycles. The number of halogens is 1. The van der Waals surface area contributed by atoms with E-state index in [1.54, 1.807) is 29.8 Å². The lowest BCUT2D eigenvalue weighted by atomic mass is 10.3. The van der Waals surface area contributed by atoms with Crippen LogP contribution in [0.15, 0.2) is 35.3 Å². The lowest BCUT2D eigenvalue weighted by molar-refractivity contribution is -0.384. The molecule has 0 aliphatic rings. The molecule has 0 radical (unpaired) electrons. The molecule has 6 nitrogen and oxygen atoms in total. The number of carbonyl (C=O) groups is 1. The van der Waals surface area contributed by atoms with Crippen molar-refractivity contribution in [2.75, 3.05) is 0 Å². The van der Waals surface area contributed by atoms with E-state index in [0.717, 1.165) is 16.0 Å². The van der Waals surface area contributed by atoms with E-state index < -0.39 is 4.92 Å². The second-order valence-electron chi connectivity index (χ2n) is 4.37. The molecule has 0 unspecified atom stereocenters. The number of rotatable bonds is 2. The maximum Gasteiger partial charge on any atom is 0.289 e. The summed E-state index contributed by atoms with van der Waals surface area (Å²) >= 11 is 8.27. The molecule has 1 amide bonds. The number of non-ortho nitro benzene ring substituents is 1. The molecule has 0 N–H and O–H groups in total. The van der Waals surface area contributed by atoms with Gasteiger partial charge in [0.05, 0.1) is 24.4 Å². The highest BCUT2D eigenvalue weighted by molar-refractivity contribution is 7.18. The molecular formula is C13H8ClN3O3S2. The van der Waals surface area contributed by atoms with E-state index in [1.165, 1.54) is 23.5 Å². The highest BCUT2D eigenvalue weighted by atomic mass is 35.5. The summed E-state index contributed by atoms with van der Waals surface area (Å²) < 4.78 is 3.01. The van der Waals surface area contributed by atoms with Gasteiger partial charge in [-0.2, -0.15) is 4.99 Å². The molecule has 1 aromatic carbocycles. The molecule has 0 aliphatic heterocycles. The van der Waals surface area contributed by atoms with E-state index in [4.69, 9.17) is 11.6 Å². The van der Waals surface area contributed by atoms with Crippen LogP contribution in [0.3, 0.4) is 0 Å². The first-order chi connectivity index (χ1) is 10.5. The van der Waals surface area contributed by atoms with Crippen molar-refractivity contribution in [2.24, 2.45) is 12.0 Å². The molecule has 2 heterocycles. The van der Waals surface area contributed by atoms with E-state index >= 15 is 0 Å². The van der Waals surface area contributed by atoms with Gasteiger partial charge in [-0.25, -0.2) is 0 Å². The number of fused-ring (bicyclic) bond motifs is 1. The van der Waals surface area contributed by atoms with Crippen LogP contribution in [0.2, 0.25) is 4.34 Å². The van der Waals surface area contributed by atoms with Gasteiger partial charge in [-0.3, -0.25) is 14.9 Å². The summed E-state index contributed by atoms with van der Waals surface area (Å²) in [6.45, 7) is 0. The predicted molar refractivity (Wildman–Crippen MR) is 86.7 cm³/mol. The Morgan fingerprint density at radius 1 is 1.32 bits per heavy atom. The van der Waals surface area contributed by atoms with Crippen LogP contribution >= 0.6 is 34.3 Å². The molecule has 0 spiro atoms. The minimum absolute atomic E-state index is 0.00353. The van der Waals surface area contributed by atoms with Crippen molar-refractivity contribution in [3.8, 4) is 0 Å². The number of carbonyl (C=O) groups excluding carboxylic acids is 1. The van der Waals surface area contributed by atoms with Crippen molar-refractivity contribution in [1.82, 2.24) is 4.57 Å². The number of nitro benzene ring substituents is 1. The number of thiophene rings is 1. The molecule has 0 saturated heterocycles. The molecule has 0 saturated carbocycles. The maximum absolute atomic E-state index is 12.1. The first-order valence-electron chi connectivity index (χ1n) is 6.04. The lowest BCUT2D eigenvalue weighted by Crippen LogP contribution is -2.12. The number of amides is 1. The Hall–Kier alpha value is -2.03. The Balaban J connectivity index is 2.11. The van der Waals surface area contributed by atoms with Crippen LogP contribution < -0.4 is 4.80 Å². The number of aromatic nitrogens is 1. The fraction of sp³-hybridized carbons (Fsp3) is 0.0769. The van der Waals surface area contributed by atoms with Gasteiger partial charge in [0.15, 0.2) is 4.80 Å². The average Bonchev–Trinajstić information content (AvgIpc) is 3.04. The van der Waals surface area contributed by atoms with Crippen LogP contribution in [0.5, 0.6) is 0 Å². The summed E-state index contributed by atoms with van der Waals surface area (Å²) in [5.41, 5.74) is 0.666. The zero-order chi connectivity index (χ0) is 15.9. The minimum atomic E-state index is -0.452. The van der Waals surface area contributed by atoms with Crippen molar-refractivity contribution >= 4 is 56.1 Å². The Morgan fingerprint density at radius 3 is 2.73 bits per heavy atom. The lowest BCUT2D eigenvalue weighted by Gasteiger charge is -1.95. The summed E-state index contributed by atoms with van der Waals surface area (Å²) in [7, 11) is 1.72. The Kier molecular flexibility index (Phi) is 3.81. The van der Waals surface area contributed by atoms with E-state index in [1.807, 2.05) is 0 Å². The van der Waals surface area contributed by atoms with Crippen molar-refractivity contribution in [3.63, 3.8) is 0 Å². The number of benzene rings is 1.